The van der Waals surface area contributed by atoms with Gasteiger partial charge < -0.3 is 5.32 Å². The first kappa shape index (κ1) is 14.5. The molecule has 2 aromatic rings. The molecule has 20 heavy (non-hydrogen) atoms. The van der Waals surface area contributed by atoms with E-state index in [4.69, 9.17) is 0 Å². The Morgan fingerprint density at radius 3 is 1.90 bits per heavy atom. The third-order valence-electron chi connectivity index (χ3n) is 3.31. The smallest absolute Gasteiger partial charge is 0.251 e. The van der Waals surface area contributed by atoms with Crippen LogP contribution in [0.3, 0.4) is 0 Å². The number of rotatable bonds is 4. The van der Waals surface area contributed by atoms with Crippen molar-refractivity contribution >= 4 is 14.0 Å². The molecule has 2 rings (SSSR count). The summed E-state index contributed by atoms with van der Waals surface area (Å²) in [5.74, 6) is 0.00174. The largest absolute Gasteiger partial charge is 0.348 e. The fourth-order valence-electron chi connectivity index (χ4n) is 2.25. The molecule has 0 fully saturated rings. The van der Waals surface area contributed by atoms with Gasteiger partial charge in [0, 0.05) is 11.2 Å². The average Bonchev–Trinajstić information content (AvgIpc) is 2.45. The van der Waals surface area contributed by atoms with Gasteiger partial charge in [-0.15, -0.1) is 0 Å². The lowest BCUT2D eigenvalue weighted by atomic mass is 10.2. The molecule has 0 heterocycles. The molecule has 3 heteroatoms. The number of hydrogen-bond acceptors (Lipinski definition) is 1. The maximum Gasteiger partial charge on any atom is 0.251 e. The number of carbonyl (C=O) groups excluding carboxylic acids is 1. The lowest BCUT2D eigenvalue weighted by Crippen LogP contribution is -2.43. The summed E-state index contributed by atoms with van der Waals surface area (Å²) in [6.45, 7) is 6.82. The fourth-order valence-corrected chi connectivity index (χ4v) is 4.01. The van der Waals surface area contributed by atoms with Gasteiger partial charge in [0.15, 0.2) is 0 Å². The molecule has 2 nitrogen and oxygen atoms in total. The summed E-state index contributed by atoms with van der Waals surface area (Å²) in [6, 6.07) is 19.6. The van der Waals surface area contributed by atoms with Gasteiger partial charge in [-0.25, -0.2) is 0 Å². The Bertz CT molecular complexity index is 561. The van der Waals surface area contributed by atoms with E-state index < -0.39 is 8.07 Å². The second kappa shape index (κ2) is 6.05. The van der Waals surface area contributed by atoms with Crippen molar-refractivity contribution in [3.8, 4) is 0 Å². The zero-order valence-corrected chi connectivity index (χ0v) is 13.3. The van der Waals surface area contributed by atoms with E-state index in [0.29, 0.717) is 5.56 Å². The SMILES string of the molecule is C[Si](C)(C)C(NC(=O)c1ccccc1)c1ccccc1. The zero-order valence-electron chi connectivity index (χ0n) is 12.3. The predicted molar refractivity (Wildman–Crippen MR) is 86.4 cm³/mol. The van der Waals surface area contributed by atoms with Crippen LogP contribution in [0.25, 0.3) is 0 Å². The van der Waals surface area contributed by atoms with Crippen molar-refractivity contribution < 1.29 is 4.79 Å². The molecule has 0 aliphatic rings. The highest BCUT2D eigenvalue weighted by Crippen LogP contribution is 2.24. The third kappa shape index (κ3) is 3.58. The van der Waals surface area contributed by atoms with Crippen LogP contribution in [0.4, 0.5) is 0 Å². The molecule has 0 saturated heterocycles. The van der Waals surface area contributed by atoms with Gasteiger partial charge in [-0.05, 0) is 17.7 Å². The standard InChI is InChI=1S/C17H21NOSi/c1-20(2,3)17(15-12-8-5-9-13-15)18-16(19)14-10-6-4-7-11-14/h4-13,17H,1-3H3,(H,18,19). The second-order valence-corrected chi connectivity index (χ2v) is 11.4. The Morgan fingerprint density at radius 1 is 0.900 bits per heavy atom. The Hall–Kier alpha value is -1.87. The third-order valence-corrected chi connectivity index (χ3v) is 5.52. The lowest BCUT2D eigenvalue weighted by Gasteiger charge is -2.30. The van der Waals surface area contributed by atoms with Crippen LogP contribution in [0, 0.1) is 0 Å². The summed E-state index contributed by atoms with van der Waals surface area (Å²) < 4.78 is 0. The average molecular weight is 283 g/mol. The molecule has 1 N–H and O–H groups in total. The first-order valence-electron chi connectivity index (χ1n) is 6.89. The van der Waals surface area contributed by atoms with Crippen LogP contribution in [0.2, 0.25) is 19.6 Å². The van der Waals surface area contributed by atoms with Gasteiger partial charge in [0.25, 0.3) is 5.91 Å². The Morgan fingerprint density at radius 2 is 1.40 bits per heavy atom. The normalized spacial score (nSPS) is 12.8. The summed E-state index contributed by atoms with van der Waals surface area (Å²) in [7, 11) is -1.56. The van der Waals surface area contributed by atoms with Gasteiger partial charge >= 0.3 is 0 Å². The lowest BCUT2D eigenvalue weighted by molar-refractivity contribution is 0.0947. The molecule has 2 aromatic carbocycles. The minimum Gasteiger partial charge on any atom is -0.348 e. The van der Waals surface area contributed by atoms with E-state index >= 15 is 0 Å². The molecule has 0 bridgehead atoms. The van der Waals surface area contributed by atoms with Gasteiger partial charge in [0.05, 0.1) is 8.07 Å². The topological polar surface area (TPSA) is 29.1 Å². The molecular weight excluding hydrogens is 262 g/mol. The number of nitrogens with one attached hydrogen (secondary N) is 1. The van der Waals surface area contributed by atoms with E-state index in [2.05, 4.69) is 37.1 Å². The first-order chi connectivity index (χ1) is 9.48. The van der Waals surface area contributed by atoms with Crippen molar-refractivity contribution in [2.75, 3.05) is 0 Å². The quantitative estimate of drug-likeness (QED) is 0.843. The van der Waals surface area contributed by atoms with Gasteiger partial charge in [-0.3, -0.25) is 4.79 Å². The Balaban J connectivity index is 2.24. The van der Waals surface area contributed by atoms with Crippen molar-refractivity contribution in [3.05, 3.63) is 71.8 Å². The van der Waals surface area contributed by atoms with Crippen molar-refractivity contribution in [3.63, 3.8) is 0 Å². The summed E-state index contributed by atoms with van der Waals surface area (Å²) in [5, 5.41) is 3.21. The highest BCUT2D eigenvalue weighted by Gasteiger charge is 2.29. The van der Waals surface area contributed by atoms with Crippen LogP contribution in [0.5, 0.6) is 0 Å². The van der Waals surface area contributed by atoms with Crippen LogP contribution < -0.4 is 5.32 Å². The van der Waals surface area contributed by atoms with E-state index in [1.54, 1.807) is 0 Å². The van der Waals surface area contributed by atoms with Gasteiger partial charge in [-0.1, -0.05) is 68.2 Å². The number of hydrogen-bond donors (Lipinski definition) is 1. The maximum atomic E-state index is 12.4. The second-order valence-electron chi connectivity index (χ2n) is 6.05. The van der Waals surface area contributed by atoms with Crippen LogP contribution in [-0.4, -0.2) is 14.0 Å². The molecule has 0 aliphatic heterocycles. The molecular formula is C17H21NOSi. The summed E-state index contributed by atoms with van der Waals surface area (Å²) in [6.07, 6.45) is 0. The van der Waals surface area contributed by atoms with E-state index in [-0.39, 0.29) is 11.6 Å². The van der Waals surface area contributed by atoms with Gasteiger partial charge in [0.1, 0.15) is 0 Å². The predicted octanol–water partition coefficient (Wildman–Crippen LogP) is 4.04. The Labute approximate surface area is 121 Å². The van der Waals surface area contributed by atoms with E-state index in [0.717, 1.165) is 0 Å². The minimum atomic E-state index is -1.56. The molecule has 104 valence electrons. The van der Waals surface area contributed by atoms with Crippen molar-refractivity contribution in [1.29, 1.82) is 0 Å². The molecule has 0 radical (unpaired) electrons. The summed E-state index contributed by atoms with van der Waals surface area (Å²) >= 11 is 0. The number of amides is 1. The molecule has 0 aromatic heterocycles. The van der Waals surface area contributed by atoms with E-state index in [9.17, 15) is 4.79 Å². The van der Waals surface area contributed by atoms with E-state index in [1.807, 2.05) is 48.5 Å². The Kier molecular flexibility index (Phi) is 4.40. The molecule has 0 spiro atoms. The molecule has 1 atom stereocenters. The monoisotopic (exact) mass is 283 g/mol. The maximum absolute atomic E-state index is 12.4. The van der Waals surface area contributed by atoms with Crippen LogP contribution in [-0.2, 0) is 0 Å². The van der Waals surface area contributed by atoms with E-state index in [1.165, 1.54) is 5.56 Å². The number of benzene rings is 2. The number of carbonyl (C=O) groups is 1. The van der Waals surface area contributed by atoms with Crippen molar-refractivity contribution in [2.45, 2.75) is 25.3 Å². The highest BCUT2D eigenvalue weighted by molar-refractivity contribution is 6.77. The molecule has 1 unspecified atom stereocenters. The summed E-state index contributed by atoms with van der Waals surface area (Å²) in [4.78, 5) is 12.4. The van der Waals surface area contributed by atoms with Crippen LogP contribution in [0.15, 0.2) is 60.7 Å². The molecule has 0 aliphatic carbocycles. The highest BCUT2D eigenvalue weighted by atomic mass is 28.3. The molecule has 0 saturated carbocycles. The van der Waals surface area contributed by atoms with Crippen LogP contribution >= 0.6 is 0 Å². The van der Waals surface area contributed by atoms with Gasteiger partial charge in [-0.2, -0.15) is 0 Å². The molecule has 1 amide bonds. The van der Waals surface area contributed by atoms with Crippen molar-refractivity contribution in [2.24, 2.45) is 0 Å². The van der Waals surface area contributed by atoms with Gasteiger partial charge in [0.2, 0.25) is 0 Å². The van der Waals surface area contributed by atoms with Crippen LogP contribution in [0.1, 0.15) is 21.6 Å². The first-order valence-corrected chi connectivity index (χ1v) is 10.5. The minimum absolute atomic E-state index is 0.00174. The summed E-state index contributed by atoms with van der Waals surface area (Å²) in [5.41, 5.74) is 2.03. The van der Waals surface area contributed by atoms with Crippen molar-refractivity contribution in [1.82, 2.24) is 5.32 Å². The zero-order chi connectivity index (χ0) is 14.6. The fraction of sp³-hybridized carbons (Fsp3) is 0.235.